The number of fused-ring (bicyclic) bond motifs is 1. The summed E-state index contributed by atoms with van der Waals surface area (Å²) in [5.41, 5.74) is -0.825. The van der Waals surface area contributed by atoms with Gasteiger partial charge in [-0.1, -0.05) is 36.4 Å². The van der Waals surface area contributed by atoms with Crippen LogP contribution in [0.4, 0.5) is 13.2 Å². The van der Waals surface area contributed by atoms with Crippen molar-refractivity contribution >= 4 is 16.7 Å². The first-order chi connectivity index (χ1) is 13.4. The first-order valence-electron chi connectivity index (χ1n) is 8.60. The van der Waals surface area contributed by atoms with E-state index in [1.165, 1.54) is 12.1 Å². The molecule has 0 atom stereocenters. The number of nitrogens with one attached hydrogen (secondary N) is 1. The molecule has 0 aliphatic rings. The Morgan fingerprint density at radius 3 is 2.39 bits per heavy atom. The number of carbonyl (C=O) groups is 1. The van der Waals surface area contributed by atoms with E-state index in [2.05, 4.69) is 5.32 Å². The SMILES string of the molecule is O=C(COc1cccc(C(F)(F)F)c1)NCCOc1ccc2ccccc2c1. The molecule has 0 bridgehead atoms. The molecule has 7 heteroatoms. The topological polar surface area (TPSA) is 47.6 Å². The minimum absolute atomic E-state index is 0.0163. The highest BCUT2D eigenvalue weighted by Gasteiger charge is 2.30. The molecule has 0 saturated heterocycles. The van der Waals surface area contributed by atoms with Gasteiger partial charge in [0.15, 0.2) is 6.61 Å². The van der Waals surface area contributed by atoms with E-state index in [4.69, 9.17) is 9.47 Å². The fraction of sp³-hybridized carbons (Fsp3) is 0.190. The molecule has 3 rings (SSSR count). The number of alkyl halides is 3. The Morgan fingerprint density at radius 2 is 1.61 bits per heavy atom. The lowest BCUT2D eigenvalue weighted by Gasteiger charge is -2.11. The molecule has 4 nitrogen and oxygen atoms in total. The second-order valence-corrected chi connectivity index (χ2v) is 6.02. The van der Waals surface area contributed by atoms with E-state index in [0.29, 0.717) is 5.75 Å². The minimum Gasteiger partial charge on any atom is -0.492 e. The molecule has 3 aromatic rings. The Hall–Kier alpha value is -3.22. The number of amides is 1. The molecule has 0 fully saturated rings. The largest absolute Gasteiger partial charge is 0.492 e. The lowest BCUT2D eigenvalue weighted by molar-refractivity contribution is -0.137. The zero-order chi connectivity index (χ0) is 20.0. The summed E-state index contributed by atoms with van der Waals surface area (Å²) in [7, 11) is 0. The summed E-state index contributed by atoms with van der Waals surface area (Å²) in [6.07, 6.45) is -4.46. The van der Waals surface area contributed by atoms with Gasteiger partial charge < -0.3 is 14.8 Å². The van der Waals surface area contributed by atoms with E-state index in [0.717, 1.165) is 22.9 Å². The van der Waals surface area contributed by atoms with Crippen LogP contribution in [0.15, 0.2) is 66.7 Å². The first-order valence-corrected chi connectivity index (χ1v) is 8.60. The van der Waals surface area contributed by atoms with Gasteiger partial charge in [-0.15, -0.1) is 0 Å². The highest BCUT2D eigenvalue weighted by molar-refractivity contribution is 5.83. The van der Waals surface area contributed by atoms with E-state index >= 15 is 0 Å². The van der Waals surface area contributed by atoms with Crippen molar-refractivity contribution in [3.8, 4) is 11.5 Å². The molecule has 1 amide bonds. The van der Waals surface area contributed by atoms with Gasteiger partial charge in [-0.05, 0) is 41.1 Å². The maximum Gasteiger partial charge on any atom is 0.416 e. The van der Waals surface area contributed by atoms with Crippen molar-refractivity contribution in [3.63, 3.8) is 0 Å². The van der Waals surface area contributed by atoms with Gasteiger partial charge >= 0.3 is 6.18 Å². The molecule has 0 aromatic heterocycles. The highest BCUT2D eigenvalue weighted by Crippen LogP contribution is 2.31. The predicted octanol–water partition coefficient (Wildman–Crippen LogP) is 4.43. The number of rotatable bonds is 7. The molecule has 3 aromatic carbocycles. The predicted molar refractivity (Wildman–Crippen MR) is 99.4 cm³/mol. The van der Waals surface area contributed by atoms with Crippen molar-refractivity contribution in [2.24, 2.45) is 0 Å². The van der Waals surface area contributed by atoms with Crippen LogP contribution in [0.2, 0.25) is 0 Å². The molecule has 1 N–H and O–H groups in total. The molecule has 0 spiro atoms. The number of hydrogen-bond acceptors (Lipinski definition) is 3. The van der Waals surface area contributed by atoms with Crippen LogP contribution < -0.4 is 14.8 Å². The average molecular weight is 389 g/mol. The van der Waals surface area contributed by atoms with Crippen LogP contribution in [0, 0.1) is 0 Å². The van der Waals surface area contributed by atoms with Crippen LogP contribution in [-0.4, -0.2) is 25.7 Å². The van der Waals surface area contributed by atoms with Gasteiger partial charge in [0, 0.05) is 0 Å². The maximum absolute atomic E-state index is 12.6. The molecule has 0 radical (unpaired) electrons. The summed E-state index contributed by atoms with van der Waals surface area (Å²) in [5, 5.41) is 4.75. The summed E-state index contributed by atoms with van der Waals surface area (Å²) in [4.78, 5) is 11.8. The highest BCUT2D eigenvalue weighted by atomic mass is 19.4. The molecule has 0 aliphatic carbocycles. The summed E-state index contributed by atoms with van der Waals surface area (Å²) in [5.74, 6) is 0.227. The standard InChI is InChI=1S/C21H18F3NO3/c22-21(23,24)17-6-3-7-18(13-17)28-14-20(26)25-10-11-27-19-9-8-15-4-1-2-5-16(15)12-19/h1-9,12-13H,10-11,14H2,(H,25,26). The van der Waals surface area contributed by atoms with Crippen molar-refractivity contribution in [2.45, 2.75) is 6.18 Å². The van der Waals surface area contributed by atoms with Gasteiger partial charge in [0.2, 0.25) is 0 Å². The smallest absolute Gasteiger partial charge is 0.416 e. The van der Waals surface area contributed by atoms with Gasteiger partial charge in [0.05, 0.1) is 12.1 Å². The van der Waals surface area contributed by atoms with Crippen molar-refractivity contribution in [1.82, 2.24) is 5.32 Å². The molecular weight excluding hydrogens is 371 g/mol. The van der Waals surface area contributed by atoms with Gasteiger partial charge in [-0.2, -0.15) is 13.2 Å². The molecule has 0 unspecified atom stereocenters. The fourth-order valence-electron chi connectivity index (χ4n) is 2.58. The second-order valence-electron chi connectivity index (χ2n) is 6.02. The summed E-state index contributed by atoms with van der Waals surface area (Å²) in [6.45, 7) is 0.128. The molecule has 0 saturated carbocycles. The van der Waals surface area contributed by atoms with E-state index in [-0.39, 0.29) is 25.5 Å². The minimum atomic E-state index is -4.46. The van der Waals surface area contributed by atoms with Gasteiger partial charge in [-0.3, -0.25) is 4.79 Å². The Morgan fingerprint density at radius 1 is 0.857 bits per heavy atom. The van der Waals surface area contributed by atoms with E-state index in [9.17, 15) is 18.0 Å². The van der Waals surface area contributed by atoms with Gasteiger partial charge in [0.1, 0.15) is 18.1 Å². The Balaban J connectivity index is 1.41. The number of hydrogen-bond donors (Lipinski definition) is 1. The molecule has 0 heterocycles. The Labute approximate surface area is 159 Å². The van der Waals surface area contributed by atoms with Crippen LogP contribution >= 0.6 is 0 Å². The van der Waals surface area contributed by atoms with E-state index in [1.54, 1.807) is 0 Å². The zero-order valence-electron chi connectivity index (χ0n) is 14.8. The third kappa shape index (κ3) is 5.39. The van der Waals surface area contributed by atoms with Gasteiger partial charge in [0.25, 0.3) is 5.91 Å². The quantitative estimate of drug-likeness (QED) is 0.608. The van der Waals surface area contributed by atoms with Crippen molar-refractivity contribution in [1.29, 1.82) is 0 Å². The third-order valence-electron chi connectivity index (χ3n) is 3.95. The van der Waals surface area contributed by atoms with Crippen LogP contribution in [0.1, 0.15) is 5.56 Å². The number of halogens is 3. The van der Waals surface area contributed by atoms with E-state index in [1.807, 2.05) is 42.5 Å². The summed E-state index contributed by atoms with van der Waals surface area (Å²) < 4.78 is 48.7. The van der Waals surface area contributed by atoms with Crippen LogP contribution in [0.3, 0.4) is 0 Å². The number of benzene rings is 3. The van der Waals surface area contributed by atoms with Crippen LogP contribution in [0.25, 0.3) is 10.8 Å². The monoisotopic (exact) mass is 389 g/mol. The van der Waals surface area contributed by atoms with Crippen LogP contribution in [-0.2, 0) is 11.0 Å². The zero-order valence-corrected chi connectivity index (χ0v) is 14.8. The van der Waals surface area contributed by atoms with Gasteiger partial charge in [-0.25, -0.2) is 0 Å². The molecular formula is C21H18F3NO3. The van der Waals surface area contributed by atoms with Crippen molar-refractivity contribution < 1.29 is 27.4 Å². The fourth-order valence-corrected chi connectivity index (χ4v) is 2.58. The normalized spacial score (nSPS) is 11.2. The Kier molecular flexibility index (Phi) is 6.03. The summed E-state index contributed by atoms with van der Waals surface area (Å²) in [6, 6.07) is 18.0. The van der Waals surface area contributed by atoms with Crippen molar-refractivity contribution in [2.75, 3.05) is 19.8 Å². The van der Waals surface area contributed by atoms with E-state index < -0.39 is 17.6 Å². The second kappa shape index (κ2) is 8.65. The average Bonchev–Trinajstić information content (AvgIpc) is 2.69. The third-order valence-corrected chi connectivity index (χ3v) is 3.95. The summed E-state index contributed by atoms with van der Waals surface area (Å²) >= 11 is 0. The van der Waals surface area contributed by atoms with Crippen LogP contribution in [0.5, 0.6) is 11.5 Å². The first kappa shape index (κ1) is 19.5. The molecule has 146 valence electrons. The lowest BCUT2D eigenvalue weighted by atomic mass is 10.1. The Bertz CT molecular complexity index is 957. The number of ether oxygens (including phenoxy) is 2. The lowest BCUT2D eigenvalue weighted by Crippen LogP contribution is -2.32. The number of carbonyl (C=O) groups excluding carboxylic acids is 1. The molecule has 0 aliphatic heterocycles. The molecule has 28 heavy (non-hydrogen) atoms. The van der Waals surface area contributed by atoms with Crippen molar-refractivity contribution in [3.05, 3.63) is 72.3 Å². The maximum atomic E-state index is 12.6.